The molecule has 34 heavy (non-hydrogen) atoms. The molecule has 0 aliphatic rings. The van der Waals surface area contributed by atoms with Crippen molar-refractivity contribution in [1.29, 1.82) is 10.5 Å². The average Bonchev–Trinajstić information content (AvgIpc) is 3.23. The molecule has 1 unspecified atom stereocenters. The number of rotatable bonds is 13. The zero-order valence-electron chi connectivity index (χ0n) is 18.8. The maximum Gasteiger partial charge on any atom is 0.305 e. The van der Waals surface area contributed by atoms with Crippen LogP contribution in [0.25, 0.3) is 10.2 Å². The molecule has 1 atom stereocenters. The number of fused-ring (bicyclic) bond motifs is 1. The number of aromatic nitrogens is 1. The largest absolute Gasteiger partial charge is 0.506 e. The van der Waals surface area contributed by atoms with Crippen LogP contribution in [-0.2, 0) is 17.6 Å². The molecule has 2 aromatic carbocycles. The van der Waals surface area contributed by atoms with E-state index in [-0.39, 0.29) is 29.1 Å². The summed E-state index contributed by atoms with van der Waals surface area (Å²) in [6.07, 6.45) is 3.46. The van der Waals surface area contributed by atoms with Gasteiger partial charge in [-0.15, -0.1) is 12.4 Å². The van der Waals surface area contributed by atoms with E-state index in [1.54, 1.807) is 6.07 Å². The Morgan fingerprint density at radius 1 is 1.09 bits per heavy atom. The summed E-state index contributed by atoms with van der Waals surface area (Å²) in [7, 11) is 0. The van der Waals surface area contributed by atoms with E-state index in [9.17, 15) is 9.90 Å². The van der Waals surface area contributed by atoms with E-state index in [1.165, 1.54) is 5.56 Å². The standard InChI is InChI=1S/C25H28N4O3S.ClH/c26-16-19(17-27)15-21(32-14-11-18-5-2-1-3-6-18)7-4-12-28-13-10-20-8-9-22(30)23-24(20)33-25(31)29-23;/h1-3,5-6,8-9,19,21,28,30H,4,7,10-15H2,(H,29,31);1H. The van der Waals surface area contributed by atoms with Gasteiger partial charge in [-0.3, -0.25) is 4.79 Å². The molecule has 0 spiro atoms. The summed E-state index contributed by atoms with van der Waals surface area (Å²) in [5, 5.41) is 31.6. The number of aromatic hydroxyl groups is 1. The molecule has 1 heterocycles. The molecule has 0 radical (unpaired) electrons. The van der Waals surface area contributed by atoms with E-state index < -0.39 is 5.92 Å². The highest BCUT2D eigenvalue weighted by molar-refractivity contribution is 7.16. The van der Waals surface area contributed by atoms with Crippen LogP contribution >= 0.6 is 23.7 Å². The number of ether oxygens (including phenoxy) is 1. The second kappa shape index (κ2) is 14.4. The summed E-state index contributed by atoms with van der Waals surface area (Å²) >= 11 is 1.11. The fraction of sp³-hybridized carbons (Fsp3) is 0.400. The summed E-state index contributed by atoms with van der Waals surface area (Å²) in [6, 6.07) is 17.6. The number of nitrogens with zero attached hydrogens (tertiary/aromatic N) is 2. The van der Waals surface area contributed by atoms with Gasteiger partial charge in [0.05, 0.1) is 29.5 Å². The van der Waals surface area contributed by atoms with Crippen molar-refractivity contribution in [1.82, 2.24) is 10.3 Å². The molecule has 0 saturated carbocycles. The van der Waals surface area contributed by atoms with Crippen molar-refractivity contribution in [3.05, 3.63) is 63.3 Å². The second-order valence-electron chi connectivity index (χ2n) is 7.88. The molecule has 3 rings (SSSR count). The van der Waals surface area contributed by atoms with Crippen molar-refractivity contribution in [2.45, 2.75) is 38.2 Å². The first-order chi connectivity index (χ1) is 16.1. The monoisotopic (exact) mass is 500 g/mol. The third-order valence-corrected chi connectivity index (χ3v) is 6.45. The minimum absolute atomic E-state index is 0. The molecule has 0 aliphatic carbocycles. The molecule has 0 bridgehead atoms. The van der Waals surface area contributed by atoms with Crippen LogP contribution in [0.1, 0.15) is 30.4 Å². The number of hydrogen-bond donors (Lipinski definition) is 3. The minimum Gasteiger partial charge on any atom is -0.506 e. The number of nitriles is 2. The van der Waals surface area contributed by atoms with Crippen molar-refractivity contribution in [2.75, 3.05) is 19.7 Å². The summed E-state index contributed by atoms with van der Waals surface area (Å²) < 4.78 is 6.83. The highest BCUT2D eigenvalue weighted by Crippen LogP contribution is 2.27. The quantitative estimate of drug-likeness (QED) is 0.300. The van der Waals surface area contributed by atoms with Gasteiger partial charge in [0, 0.05) is 6.42 Å². The van der Waals surface area contributed by atoms with E-state index in [4.69, 9.17) is 15.3 Å². The Labute approximate surface area is 209 Å². The van der Waals surface area contributed by atoms with E-state index >= 15 is 0 Å². The van der Waals surface area contributed by atoms with Gasteiger partial charge in [-0.2, -0.15) is 10.5 Å². The summed E-state index contributed by atoms with van der Waals surface area (Å²) in [5.74, 6) is -0.573. The van der Waals surface area contributed by atoms with E-state index in [1.807, 2.05) is 36.4 Å². The van der Waals surface area contributed by atoms with Crippen LogP contribution in [0, 0.1) is 28.6 Å². The summed E-state index contributed by atoms with van der Waals surface area (Å²) in [4.78, 5) is 14.1. The molecule has 9 heteroatoms. The molecule has 3 aromatic rings. The summed E-state index contributed by atoms with van der Waals surface area (Å²) in [5.41, 5.74) is 2.72. The predicted molar refractivity (Wildman–Crippen MR) is 136 cm³/mol. The van der Waals surface area contributed by atoms with E-state index in [0.29, 0.717) is 18.5 Å². The van der Waals surface area contributed by atoms with Gasteiger partial charge in [0.15, 0.2) is 0 Å². The molecule has 0 aliphatic heterocycles. The Bertz CT molecular complexity index is 1150. The zero-order chi connectivity index (χ0) is 23.5. The smallest absolute Gasteiger partial charge is 0.305 e. The van der Waals surface area contributed by atoms with Gasteiger partial charge >= 0.3 is 4.87 Å². The molecular weight excluding hydrogens is 472 g/mol. The first-order valence-electron chi connectivity index (χ1n) is 11.1. The third kappa shape index (κ3) is 8.16. The van der Waals surface area contributed by atoms with Crippen LogP contribution < -0.4 is 10.2 Å². The Hall–Kier alpha value is -2.88. The number of phenols is 1. The molecule has 1 aromatic heterocycles. The van der Waals surface area contributed by atoms with Gasteiger partial charge in [-0.05, 0) is 56.0 Å². The average molecular weight is 501 g/mol. The maximum atomic E-state index is 11.6. The summed E-state index contributed by atoms with van der Waals surface area (Å²) in [6.45, 7) is 2.08. The highest BCUT2D eigenvalue weighted by atomic mass is 35.5. The lowest BCUT2D eigenvalue weighted by atomic mass is 10.0. The van der Waals surface area contributed by atoms with Crippen molar-refractivity contribution < 1.29 is 9.84 Å². The fourth-order valence-electron chi connectivity index (χ4n) is 3.73. The predicted octanol–water partition coefficient (Wildman–Crippen LogP) is 4.31. The SMILES string of the molecule is Cl.N#CC(C#N)CC(CCCNCCc1ccc(O)c2[nH]c(=O)sc12)OCCc1ccccc1. The van der Waals surface area contributed by atoms with E-state index in [0.717, 1.165) is 60.4 Å². The minimum atomic E-state index is -0.662. The van der Waals surface area contributed by atoms with Crippen molar-refractivity contribution >= 4 is 34.0 Å². The normalized spacial score (nSPS) is 11.6. The molecule has 0 amide bonds. The number of hydrogen-bond acceptors (Lipinski definition) is 7. The molecule has 0 fully saturated rings. The first-order valence-corrected chi connectivity index (χ1v) is 11.9. The van der Waals surface area contributed by atoms with Gasteiger partial charge in [0.2, 0.25) is 0 Å². The number of H-pyrrole nitrogens is 1. The number of aromatic amines is 1. The fourth-order valence-corrected chi connectivity index (χ4v) is 4.62. The maximum absolute atomic E-state index is 11.6. The van der Waals surface area contributed by atoms with Crippen molar-refractivity contribution in [3.63, 3.8) is 0 Å². The van der Waals surface area contributed by atoms with Crippen LogP contribution in [0.5, 0.6) is 5.75 Å². The number of nitrogens with one attached hydrogen (secondary N) is 2. The van der Waals surface area contributed by atoms with Gasteiger partial charge in [-0.1, -0.05) is 47.7 Å². The van der Waals surface area contributed by atoms with Crippen molar-refractivity contribution in [3.8, 4) is 17.9 Å². The highest BCUT2D eigenvalue weighted by Gasteiger charge is 2.16. The van der Waals surface area contributed by atoms with Gasteiger partial charge in [0.25, 0.3) is 0 Å². The second-order valence-corrected chi connectivity index (χ2v) is 8.86. The zero-order valence-corrected chi connectivity index (χ0v) is 20.5. The number of halogens is 1. The first kappa shape index (κ1) is 27.4. The van der Waals surface area contributed by atoms with Crippen LogP contribution in [-0.4, -0.2) is 35.9 Å². The molecule has 0 saturated heterocycles. The lowest BCUT2D eigenvalue weighted by Crippen LogP contribution is -2.23. The topological polar surface area (TPSA) is 122 Å². The Kier molecular flexibility index (Phi) is 11.6. The molecule has 3 N–H and O–H groups in total. The lowest BCUT2D eigenvalue weighted by molar-refractivity contribution is 0.0391. The number of benzene rings is 2. The number of thiazole rings is 1. The molecule has 180 valence electrons. The van der Waals surface area contributed by atoms with Gasteiger partial charge in [0.1, 0.15) is 17.2 Å². The Balaban J connectivity index is 0.00000408. The molecular formula is C25H29ClN4O3S. The van der Waals surface area contributed by atoms with E-state index in [2.05, 4.69) is 22.4 Å². The van der Waals surface area contributed by atoms with Crippen LogP contribution in [0.2, 0.25) is 0 Å². The van der Waals surface area contributed by atoms with Crippen LogP contribution in [0.4, 0.5) is 0 Å². The Morgan fingerprint density at radius 3 is 2.59 bits per heavy atom. The van der Waals surface area contributed by atoms with Crippen LogP contribution in [0.15, 0.2) is 47.3 Å². The molecule has 7 nitrogen and oxygen atoms in total. The van der Waals surface area contributed by atoms with Gasteiger partial charge < -0.3 is 20.1 Å². The third-order valence-electron chi connectivity index (χ3n) is 5.49. The Morgan fingerprint density at radius 2 is 1.85 bits per heavy atom. The number of phenolic OH excluding ortho intramolecular Hbond substituents is 1. The van der Waals surface area contributed by atoms with Crippen molar-refractivity contribution in [2.24, 2.45) is 5.92 Å². The van der Waals surface area contributed by atoms with Crippen LogP contribution in [0.3, 0.4) is 0 Å². The van der Waals surface area contributed by atoms with Gasteiger partial charge in [-0.25, -0.2) is 0 Å². The lowest BCUT2D eigenvalue weighted by Gasteiger charge is -2.18.